The zero-order valence-corrected chi connectivity index (χ0v) is 19.6. The number of rotatable bonds is 16. The van der Waals surface area contributed by atoms with Crippen molar-refractivity contribution in [2.75, 3.05) is 13.2 Å². The molecule has 0 spiro atoms. The summed E-state index contributed by atoms with van der Waals surface area (Å²) in [7, 11) is 0. The third-order valence-electron chi connectivity index (χ3n) is 5.79. The second kappa shape index (κ2) is 15.9. The molecule has 0 saturated carbocycles. The summed E-state index contributed by atoms with van der Waals surface area (Å²) >= 11 is 0. The second-order valence-electron chi connectivity index (χ2n) is 8.41. The van der Waals surface area contributed by atoms with Gasteiger partial charge >= 0.3 is 11.9 Å². The highest BCUT2D eigenvalue weighted by Crippen LogP contribution is 2.18. The molecular formula is C26H42O4. The molecule has 1 aromatic carbocycles. The summed E-state index contributed by atoms with van der Waals surface area (Å²) in [5.41, 5.74) is 0.583. The minimum Gasteiger partial charge on any atom is -0.462 e. The molecule has 0 aliphatic carbocycles. The zero-order chi connectivity index (χ0) is 22.2. The SMILES string of the molecule is CCCCC(C)CCCOC(=O)c1ccccc1C(=O)OCCC(CC)CCCC. The fraction of sp³-hybridized carbons (Fsp3) is 0.692. The highest BCUT2D eigenvalue weighted by atomic mass is 16.5. The van der Waals surface area contributed by atoms with Crippen LogP contribution in [0.15, 0.2) is 24.3 Å². The lowest BCUT2D eigenvalue weighted by atomic mass is 9.96. The molecule has 4 heteroatoms. The predicted octanol–water partition coefficient (Wildman–Crippen LogP) is 7.21. The first-order chi connectivity index (χ1) is 14.5. The lowest BCUT2D eigenvalue weighted by Crippen LogP contribution is -2.16. The van der Waals surface area contributed by atoms with Gasteiger partial charge in [0, 0.05) is 0 Å². The summed E-state index contributed by atoms with van der Waals surface area (Å²) in [6, 6.07) is 6.77. The largest absolute Gasteiger partial charge is 0.462 e. The fourth-order valence-electron chi connectivity index (χ4n) is 3.65. The fourth-order valence-corrected chi connectivity index (χ4v) is 3.65. The van der Waals surface area contributed by atoms with Gasteiger partial charge in [0.05, 0.1) is 24.3 Å². The van der Waals surface area contributed by atoms with Crippen molar-refractivity contribution in [2.24, 2.45) is 11.8 Å². The Bertz CT molecular complexity index is 611. The van der Waals surface area contributed by atoms with Gasteiger partial charge in [-0.15, -0.1) is 0 Å². The number of carbonyl (C=O) groups is 2. The van der Waals surface area contributed by atoms with Gasteiger partial charge in [-0.3, -0.25) is 0 Å². The van der Waals surface area contributed by atoms with E-state index in [1.807, 2.05) is 0 Å². The highest BCUT2D eigenvalue weighted by molar-refractivity contribution is 6.03. The van der Waals surface area contributed by atoms with Crippen LogP contribution in [0.3, 0.4) is 0 Å². The van der Waals surface area contributed by atoms with Crippen LogP contribution < -0.4 is 0 Å². The van der Waals surface area contributed by atoms with Crippen LogP contribution in [0, 0.1) is 11.8 Å². The lowest BCUT2D eigenvalue weighted by molar-refractivity contribution is 0.0439. The van der Waals surface area contributed by atoms with E-state index in [1.54, 1.807) is 24.3 Å². The average Bonchev–Trinajstić information content (AvgIpc) is 2.77. The molecule has 0 radical (unpaired) electrons. The maximum atomic E-state index is 12.5. The Kier molecular flexibility index (Phi) is 13.9. The number of unbranched alkanes of at least 4 members (excludes halogenated alkanes) is 2. The van der Waals surface area contributed by atoms with Crippen molar-refractivity contribution in [1.82, 2.24) is 0 Å². The van der Waals surface area contributed by atoms with E-state index in [2.05, 4.69) is 27.7 Å². The monoisotopic (exact) mass is 418 g/mol. The number of carbonyl (C=O) groups excluding carboxylic acids is 2. The molecule has 0 aliphatic heterocycles. The van der Waals surface area contributed by atoms with Gasteiger partial charge in [-0.25, -0.2) is 9.59 Å². The van der Waals surface area contributed by atoms with Crippen LogP contribution in [-0.2, 0) is 9.47 Å². The van der Waals surface area contributed by atoms with Gasteiger partial charge in [0.2, 0.25) is 0 Å². The van der Waals surface area contributed by atoms with Crippen LogP contribution in [0.4, 0.5) is 0 Å². The third-order valence-corrected chi connectivity index (χ3v) is 5.79. The van der Waals surface area contributed by atoms with E-state index in [0.29, 0.717) is 36.2 Å². The number of ether oxygens (including phenoxy) is 2. The Labute approximate surface area is 183 Å². The van der Waals surface area contributed by atoms with Gasteiger partial charge in [0.25, 0.3) is 0 Å². The van der Waals surface area contributed by atoms with Crippen molar-refractivity contribution in [3.8, 4) is 0 Å². The molecule has 170 valence electrons. The topological polar surface area (TPSA) is 52.6 Å². The molecule has 0 fully saturated rings. The first-order valence-corrected chi connectivity index (χ1v) is 12.0. The molecule has 0 bridgehead atoms. The molecule has 2 atom stereocenters. The standard InChI is InChI=1S/C26H42O4/c1-5-8-13-21(4)14-12-19-29-25(27)23-16-10-11-17-24(23)26(28)30-20-18-22(7-3)15-9-6-2/h10-11,16-17,21-22H,5-9,12-15,18-20H2,1-4H3. The molecule has 30 heavy (non-hydrogen) atoms. The molecule has 2 unspecified atom stereocenters. The molecule has 0 N–H and O–H groups in total. The van der Waals surface area contributed by atoms with Gasteiger partial charge in [-0.2, -0.15) is 0 Å². The summed E-state index contributed by atoms with van der Waals surface area (Å²) in [4.78, 5) is 25.0. The predicted molar refractivity (Wildman–Crippen MR) is 123 cm³/mol. The summed E-state index contributed by atoms with van der Waals surface area (Å²) in [6.45, 7) is 9.59. The molecule has 1 aromatic rings. The van der Waals surface area contributed by atoms with Crippen molar-refractivity contribution in [2.45, 2.75) is 91.9 Å². The van der Waals surface area contributed by atoms with Gasteiger partial charge in [-0.05, 0) is 43.2 Å². The van der Waals surface area contributed by atoms with Crippen molar-refractivity contribution in [3.63, 3.8) is 0 Å². The van der Waals surface area contributed by atoms with Crippen molar-refractivity contribution in [1.29, 1.82) is 0 Å². The number of hydrogen-bond acceptors (Lipinski definition) is 4. The third kappa shape index (κ3) is 10.3. The smallest absolute Gasteiger partial charge is 0.339 e. The van der Waals surface area contributed by atoms with E-state index in [9.17, 15) is 9.59 Å². The molecule has 0 saturated heterocycles. The number of esters is 2. The van der Waals surface area contributed by atoms with Crippen LogP contribution in [0.5, 0.6) is 0 Å². The van der Waals surface area contributed by atoms with Crippen molar-refractivity contribution < 1.29 is 19.1 Å². The lowest BCUT2D eigenvalue weighted by Gasteiger charge is -2.15. The van der Waals surface area contributed by atoms with Gasteiger partial charge in [0.15, 0.2) is 0 Å². The molecule has 0 aromatic heterocycles. The first kappa shape index (κ1) is 26.2. The maximum absolute atomic E-state index is 12.5. The minimum absolute atomic E-state index is 0.291. The maximum Gasteiger partial charge on any atom is 0.339 e. The molecule has 4 nitrogen and oxygen atoms in total. The number of benzene rings is 1. The summed E-state index contributed by atoms with van der Waals surface area (Å²) in [6.07, 6.45) is 11.1. The van der Waals surface area contributed by atoms with E-state index in [1.165, 1.54) is 38.5 Å². The van der Waals surface area contributed by atoms with Crippen molar-refractivity contribution in [3.05, 3.63) is 35.4 Å². The van der Waals surface area contributed by atoms with Gasteiger partial charge in [-0.1, -0.05) is 84.8 Å². The minimum atomic E-state index is -0.446. The van der Waals surface area contributed by atoms with Gasteiger partial charge < -0.3 is 9.47 Å². The van der Waals surface area contributed by atoms with Gasteiger partial charge in [0.1, 0.15) is 0 Å². The van der Waals surface area contributed by atoms with Crippen molar-refractivity contribution >= 4 is 11.9 Å². The molecule has 0 heterocycles. The van der Waals surface area contributed by atoms with E-state index < -0.39 is 11.9 Å². The molecule has 0 amide bonds. The summed E-state index contributed by atoms with van der Waals surface area (Å²) in [5, 5.41) is 0. The summed E-state index contributed by atoms with van der Waals surface area (Å²) in [5.74, 6) is 0.340. The number of hydrogen-bond donors (Lipinski definition) is 0. The molecular weight excluding hydrogens is 376 g/mol. The Morgan fingerprint density at radius 3 is 1.87 bits per heavy atom. The average molecular weight is 419 g/mol. The normalized spacial score (nSPS) is 12.9. The van der Waals surface area contributed by atoms with Crippen LogP contribution >= 0.6 is 0 Å². The van der Waals surface area contributed by atoms with E-state index in [0.717, 1.165) is 25.7 Å². The Morgan fingerprint density at radius 1 is 0.767 bits per heavy atom. The van der Waals surface area contributed by atoms with Crippen LogP contribution in [0.25, 0.3) is 0 Å². The molecule has 1 rings (SSSR count). The Balaban J connectivity index is 2.49. The second-order valence-corrected chi connectivity index (χ2v) is 8.41. The van der Waals surface area contributed by atoms with Crippen LogP contribution in [-0.4, -0.2) is 25.2 Å². The Hall–Kier alpha value is -1.84. The van der Waals surface area contributed by atoms with Crippen LogP contribution in [0.2, 0.25) is 0 Å². The van der Waals surface area contributed by atoms with E-state index >= 15 is 0 Å². The first-order valence-electron chi connectivity index (χ1n) is 12.0. The summed E-state index contributed by atoms with van der Waals surface area (Å²) < 4.78 is 10.9. The zero-order valence-electron chi connectivity index (χ0n) is 19.6. The quantitative estimate of drug-likeness (QED) is 0.210. The van der Waals surface area contributed by atoms with E-state index in [-0.39, 0.29) is 0 Å². The Morgan fingerprint density at radius 2 is 1.30 bits per heavy atom. The van der Waals surface area contributed by atoms with E-state index in [4.69, 9.17) is 9.47 Å². The van der Waals surface area contributed by atoms with Crippen LogP contribution in [0.1, 0.15) is 113 Å². The molecule has 0 aliphatic rings. The highest BCUT2D eigenvalue weighted by Gasteiger charge is 2.19.